The topological polar surface area (TPSA) is 68.9 Å². The molecule has 0 spiro atoms. The van der Waals surface area contributed by atoms with Gasteiger partial charge in [0.05, 0.1) is 0 Å². The summed E-state index contributed by atoms with van der Waals surface area (Å²) < 4.78 is 7.21. The molecule has 2 rings (SSSR count). The first-order valence-corrected chi connectivity index (χ1v) is 5.18. The number of benzene rings is 1. The van der Waals surface area contributed by atoms with Crippen molar-refractivity contribution in [2.75, 3.05) is 5.84 Å². The molecule has 1 heterocycles. The van der Waals surface area contributed by atoms with Crippen molar-refractivity contribution in [2.24, 2.45) is 0 Å². The minimum atomic E-state index is 0.285. The summed E-state index contributed by atoms with van der Waals surface area (Å²) in [5, 5.41) is 6.54. The summed E-state index contributed by atoms with van der Waals surface area (Å²) in [6.45, 7) is 2.29. The Bertz CT molecular complexity index is 546. The van der Waals surface area contributed by atoms with Crippen molar-refractivity contribution in [1.29, 1.82) is 0 Å². The van der Waals surface area contributed by atoms with Crippen molar-refractivity contribution in [3.63, 3.8) is 0 Å². The predicted molar refractivity (Wildman–Crippen MR) is 63.1 cm³/mol. The molecule has 0 atom stereocenters. The average molecular weight is 236 g/mol. The van der Waals surface area contributed by atoms with Gasteiger partial charge in [-0.2, -0.15) is 5.10 Å². The molecule has 6 heteroatoms. The second-order valence-electron chi connectivity index (χ2n) is 3.42. The minimum absolute atomic E-state index is 0.285. The van der Waals surface area contributed by atoms with Crippen molar-refractivity contribution in [1.82, 2.24) is 14.9 Å². The molecular weight excluding hydrogens is 224 g/mol. The van der Waals surface area contributed by atoms with E-state index < -0.39 is 0 Å². The monoisotopic (exact) mass is 236 g/mol. The van der Waals surface area contributed by atoms with Gasteiger partial charge < -0.3 is 10.6 Å². The van der Waals surface area contributed by atoms with Gasteiger partial charge in [-0.1, -0.05) is 12.1 Å². The third-order valence-corrected chi connectivity index (χ3v) is 2.42. The number of hydrogen-bond acceptors (Lipinski definition) is 4. The lowest BCUT2D eigenvalue weighted by molar-refractivity contribution is 0.292. The molecule has 5 nitrogen and oxygen atoms in total. The second-order valence-corrected chi connectivity index (χ2v) is 3.81. The van der Waals surface area contributed by atoms with Crippen LogP contribution in [0.1, 0.15) is 11.4 Å². The van der Waals surface area contributed by atoms with E-state index in [-0.39, 0.29) is 6.61 Å². The molecule has 1 aromatic carbocycles. The van der Waals surface area contributed by atoms with Gasteiger partial charge in [0.25, 0.3) is 0 Å². The summed E-state index contributed by atoms with van der Waals surface area (Å²) in [5.41, 5.74) is 1.14. The lowest BCUT2D eigenvalue weighted by atomic mass is 10.2. The summed E-state index contributed by atoms with van der Waals surface area (Å²) in [7, 11) is 0. The average Bonchev–Trinajstić information content (AvgIpc) is 2.57. The van der Waals surface area contributed by atoms with Crippen LogP contribution in [0.2, 0.25) is 0 Å². The molecule has 0 amide bonds. The van der Waals surface area contributed by atoms with Gasteiger partial charge in [-0.05, 0) is 36.8 Å². The number of aromatic amines is 1. The highest BCUT2D eigenvalue weighted by Crippen LogP contribution is 2.13. The number of nitrogens with two attached hydrogens (primary N) is 1. The minimum Gasteiger partial charge on any atom is -0.486 e. The van der Waals surface area contributed by atoms with E-state index >= 15 is 0 Å². The molecule has 16 heavy (non-hydrogen) atoms. The Balaban J connectivity index is 2.08. The third-order valence-electron chi connectivity index (χ3n) is 2.13. The highest BCUT2D eigenvalue weighted by Gasteiger charge is 2.03. The van der Waals surface area contributed by atoms with Gasteiger partial charge in [-0.15, -0.1) is 0 Å². The summed E-state index contributed by atoms with van der Waals surface area (Å²) >= 11 is 4.89. The van der Waals surface area contributed by atoms with Gasteiger partial charge in [-0.25, -0.2) is 4.68 Å². The van der Waals surface area contributed by atoms with E-state index in [0.717, 1.165) is 11.3 Å². The number of aromatic nitrogens is 3. The van der Waals surface area contributed by atoms with Crippen molar-refractivity contribution in [3.05, 3.63) is 40.4 Å². The molecule has 0 saturated carbocycles. The van der Waals surface area contributed by atoms with Crippen LogP contribution in [-0.2, 0) is 6.61 Å². The number of H-pyrrole nitrogens is 1. The van der Waals surface area contributed by atoms with Gasteiger partial charge in [0, 0.05) is 0 Å². The first-order chi connectivity index (χ1) is 7.66. The maximum absolute atomic E-state index is 5.64. The van der Waals surface area contributed by atoms with E-state index in [2.05, 4.69) is 10.2 Å². The molecule has 2 aromatic rings. The van der Waals surface area contributed by atoms with Gasteiger partial charge in [-0.3, -0.25) is 5.10 Å². The fourth-order valence-corrected chi connectivity index (χ4v) is 1.44. The first kappa shape index (κ1) is 10.7. The molecule has 84 valence electrons. The zero-order chi connectivity index (χ0) is 11.5. The molecule has 0 aliphatic carbocycles. The van der Waals surface area contributed by atoms with Gasteiger partial charge >= 0.3 is 0 Å². The molecule has 0 radical (unpaired) electrons. The maximum Gasteiger partial charge on any atom is 0.214 e. The second kappa shape index (κ2) is 4.36. The zero-order valence-electron chi connectivity index (χ0n) is 8.80. The van der Waals surface area contributed by atoms with Crippen LogP contribution >= 0.6 is 12.2 Å². The van der Waals surface area contributed by atoms with Crippen molar-refractivity contribution < 1.29 is 4.74 Å². The summed E-state index contributed by atoms with van der Waals surface area (Å²) in [6.07, 6.45) is 0. The normalized spacial score (nSPS) is 10.3. The highest BCUT2D eigenvalue weighted by molar-refractivity contribution is 7.71. The van der Waals surface area contributed by atoms with Crippen LogP contribution in [0.25, 0.3) is 0 Å². The van der Waals surface area contributed by atoms with E-state index in [1.165, 1.54) is 4.68 Å². The maximum atomic E-state index is 5.64. The van der Waals surface area contributed by atoms with E-state index in [1.54, 1.807) is 0 Å². The van der Waals surface area contributed by atoms with Crippen LogP contribution in [0.5, 0.6) is 5.75 Å². The number of rotatable bonds is 3. The van der Waals surface area contributed by atoms with Crippen LogP contribution < -0.4 is 10.6 Å². The number of aryl methyl sites for hydroxylation is 1. The van der Waals surface area contributed by atoms with Crippen molar-refractivity contribution in [2.45, 2.75) is 13.5 Å². The van der Waals surface area contributed by atoms with Crippen LogP contribution in [0.4, 0.5) is 0 Å². The smallest absolute Gasteiger partial charge is 0.214 e. The fraction of sp³-hybridized carbons (Fsp3) is 0.200. The molecule has 0 fully saturated rings. The molecule has 3 N–H and O–H groups in total. The Morgan fingerprint density at radius 1 is 1.56 bits per heavy atom. The van der Waals surface area contributed by atoms with Gasteiger partial charge in [0.2, 0.25) is 4.77 Å². The van der Waals surface area contributed by atoms with E-state index in [9.17, 15) is 0 Å². The van der Waals surface area contributed by atoms with Gasteiger partial charge in [0.15, 0.2) is 5.82 Å². The molecular formula is C10H12N4OS. The Morgan fingerprint density at radius 3 is 3.00 bits per heavy atom. The fourth-order valence-electron chi connectivity index (χ4n) is 1.29. The predicted octanol–water partition coefficient (Wildman–Crippen LogP) is 1.54. The number of nitrogens with zero attached hydrogens (tertiary/aromatic N) is 2. The quantitative estimate of drug-likeness (QED) is 0.626. The Hall–Kier alpha value is -1.82. The molecule has 0 unspecified atom stereocenters. The van der Waals surface area contributed by atoms with Crippen LogP contribution in [0.3, 0.4) is 0 Å². The SMILES string of the molecule is Cc1cccc(OCc2n[nH]c(=S)n2N)c1. The highest BCUT2D eigenvalue weighted by atomic mass is 32.1. The standard InChI is InChI=1S/C10H12N4OS/c1-7-3-2-4-8(5-7)15-6-9-12-13-10(16)14(9)11/h2-5H,6,11H2,1H3,(H,13,16). The van der Waals surface area contributed by atoms with E-state index in [4.69, 9.17) is 22.8 Å². The molecule has 0 saturated heterocycles. The van der Waals surface area contributed by atoms with E-state index in [1.807, 2.05) is 31.2 Å². The molecule has 0 aliphatic rings. The Kier molecular flexibility index (Phi) is 2.91. The Labute approximate surface area is 97.8 Å². The molecule has 0 bridgehead atoms. The number of nitrogen functional groups attached to an aromatic ring is 1. The van der Waals surface area contributed by atoms with Crippen LogP contribution in [0.15, 0.2) is 24.3 Å². The zero-order valence-corrected chi connectivity index (χ0v) is 9.62. The molecule has 1 aromatic heterocycles. The van der Waals surface area contributed by atoms with Crippen molar-refractivity contribution in [3.8, 4) is 5.75 Å². The summed E-state index contributed by atoms with van der Waals surface area (Å²) in [5.74, 6) is 6.98. The van der Waals surface area contributed by atoms with Gasteiger partial charge in [0.1, 0.15) is 12.4 Å². The van der Waals surface area contributed by atoms with E-state index in [0.29, 0.717) is 10.6 Å². The lowest BCUT2D eigenvalue weighted by Gasteiger charge is -2.05. The van der Waals surface area contributed by atoms with Crippen molar-refractivity contribution >= 4 is 12.2 Å². The largest absolute Gasteiger partial charge is 0.486 e. The number of hydrogen-bond donors (Lipinski definition) is 2. The first-order valence-electron chi connectivity index (χ1n) is 4.77. The third kappa shape index (κ3) is 2.22. The van der Waals surface area contributed by atoms with Crippen LogP contribution in [0, 0.1) is 11.7 Å². The van der Waals surface area contributed by atoms with Crippen LogP contribution in [-0.4, -0.2) is 14.9 Å². The lowest BCUT2D eigenvalue weighted by Crippen LogP contribution is -2.14. The summed E-state index contributed by atoms with van der Waals surface area (Å²) in [4.78, 5) is 0. The number of ether oxygens (including phenoxy) is 1. The number of nitrogens with one attached hydrogen (secondary N) is 1. The Morgan fingerprint density at radius 2 is 2.38 bits per heavy atom. The molecule has 0 aliphatic heterocycles. The summed E-state index contributed by atoms with van der Waals surface area (Å²) in [6, 6.07) is 7.77.